The fraction of sp³-hybridized carbons (Fsp3) is 0. The zero-order valence-corrected chi connectivity index (χ0v) is 25.0. The molecule has 42 heavy (non-hydrogen) atoms. The second-order valence-electron chi connectivity index (χ2n) is 8.98. The van der Waals surface area contributed by atoms with E-state index >= 15 is 0 Å². The second-order valence-corrected chi connectivity index (χ2v) is 12.4. The van der Waals surface area contributed by atoms with E-state index in [-0.39, 0.29) is 31.7 Å². The minimum atomic E-state index is -4.13. The van der Waals surface area contributed by atoms with Crippen LogP contribution in [0.1, 0.15) is 10.4 Å². The Kier molecular flexibility index (Phi) is 7.65. The van der Waals surface area contributed by atoms with Gasteiger partial charge in [-0.2, -0.15) is 8.75 Å². The van der Waals surface area contributed by atoms with Gasteiger partial charge in [-0.15, -0.1) is 0 Å². The van der Waals surface area contributed by atoms with Gasteiger partial charge >= 0.3 is 0 Å². The first-order chi connectivity index (χ1) is 20.2. The number of hydrogen-bond donors (Lipinski definition) is 2. The number of nitrogens with one attached hydrogen (secondary N) is 2. The van der Waals surface area contributed by atoms with Gasteiger partial charge in [0.1, 0.15) is 27.4 Å². The monoisotopic (exact) mass is 654 g/mol. The van der Waals surface area contributed by atoms with Crippen LogP contribution < -0.4 is 14.8 Å². The lowest BCUT2D eigenvalue weighted by Crippen LogP contribution is -2.19. The van der Waals surface area contributed by atoms with E-state index in [9.17, 15) is 13.2 Å². The van der Waals surface area contributed by atoms with Gasteiger partial charge in [-0.3, -0.25) is 9.52 Å². The number of halogens is 3. The number of carbonyl (C=O) groups excluding carboxylic acids is 1. The first-order valence-corrected chi connectivity index (χ1v) is 15.5. The van der Waals surface area contributed by atoms with Crippen molar-refractivity contribution in [2.24, 2.45) is 0 Å². The van der Waals surface area contributed by atoms with Crippen LogP contribution in [0, 0.1) is 0 Å². The van der Waals surface area contributed by atoms with Crippen molar-refractivity contribution in [2.45, 2.75) is 4.90 Å². The van der Waals surface area contributed by atoms with Crippen molar-refractivity contribution in [3.63, 3.8) is 0 Å². The summed E-state index contributed by atoms with van der Waals surface area (Å²) in [6.45, 7) is 0. The normalized spacial score (nSPS) is 11.5. The predicted molar refractivity (Wildman–Crippen MR) is 168 cm³/mol. The van der Waals surface area contributed by atoms with Crippen molar-refractivity contribution in [1.29, 1.82) is 0 Å². The Labute approximate surface area is 259 Å². The molecule has 13 heteroatoms. The molecule has 0 saturated heterocycles. The molecule has 6 rings (SSSR count). The summed E-state index contributed by atoms with van der Waals surface area (Å²) in [5.41, 5.74) is 1.04. The van der Waals surface area contributed by atoms with Gasteiger partial charge in [0.2, 0.25) is 0 Å². The molecule has 0 atom stereocenters. The lowest BCUT2D eigenvalue weighted by atomic mass is 10.1. The number of fused-ring (bicyclic) bond motifs is 2. The maximum Gasteiger partial charge on any atom is 0.264 e. The van der Waals surface area contributed by atoms with Crippen LogP contribution in [0.3, 0.4) is 0 Å². The summed E-state index contributed by atoms with van der Waals surface area (Å²) in [4.78, 5) is 13.3. The summed E-state index contributed by atoms with van der Waals surface area (Å²) in [5, 5.41) is 5.43. The number of aromatic nitrogens is 2. The summed E-state index contributed by atoms with van der Waals surface area (Å²) in [6, 6.07) is 24.9. The highest BCUT2D eigenvalue weighted by Gasteiger charge is 2.23. The molecule has 210 valence electrons. The number of nitrogens with zero attached hydrogens (tertiary/aromatic N) is 2. The van der Waals surface area contributed by atoms with Crippen LogP contribution in [0.25, 0.3) is 21.8 Å². The number of sulfonamides is 1. The lowest BCUT2D eigenvalue weighted by Gasteiger charge is -2.15. The standard InChI is InChI=1S/C29H17Cl3N4O4S2/c30-17-9-11-22(36-42(38,39)26-7-3-6-23-28(26)35-41-34-23)20(14-17)29(37)33-18-10-13-24(21(31)15-18)40-25-12-8-16-4-1-2-5-19(16)27(25)32/h1-15,36H,(H,33,37). The molecule has 1 amide bonds. The fourth-order valence-electron chi connectivity index (χ4n) is 4.26. The quantitative estimate of drug-likeness (QED) is 0.178. The van der Waals surface area contributed by atoms with Gasteiger partial charge in [0, 0.05) is 16.1 Å². The Morgan fingerprint density at radius 2 is 1.64 bits per heavy atom. The number of anilines is 2. The van der Waals surface area contributed by atoms with Gasteiger partial charge < -0.3 is 10.1 Å². The zero-order chi connectivity index (χ0) is 29.4. The third-order valence-electron chi connectivity index (χ3n) is 6.25. The molecular weight excluding hydrogens is 639 g/mol. The highest BCUT2D eigenvalue weighted by atomic mass is 35.5. The molecular formula is C29H17Cl3N4O4S2. The van der Waals surface area contributed by atoms with Gasteiger partial charge in [-0.1, -0.05) is 71.2 Å². The summed E-state index contributed by atoms with van der Waals surface area (Å²) in [5.74, 6) is 0.133. The highest BCUT2D eigenvalue weighted by molar-refractivity contribution is 7.93. The van der Waals surface area contributed by atoms with Crippen molar-refractivity contribution < 1.29 is 17.9 Å². The van der Waals surface area contributed by atoms with Crippen LogP contribution in [-0.2, 0) is 10.0 Å². The van der Waals surface area contributed by atoms with Crippen LogP contribution in [0.4, 0.5) is 11.4 Å². The molecule has 8 nitrogen and oxygen atoms in total. The molecule has 0 radical (unpaired) electrons. The van der Waals surface area contributed by atoms with Gasteiger partial charge in [0.05, 0.1) is 33.0 Å². The SMILES string of the molecule is O=C(Nc1ccc(Oc2ccc3ccccc3c2Cl)c(Cl)c1)c1cc(Cl)ccc1NS(=O)(=O)c1cccc2nsnc12. The third-order valence-corrected chi connectivity index (χ3v) is 9.11. The summed E-state index contributed by atoms with van der Waals surface area (Å²) in [6.07, 6.45) is 0. The number of amides is 1. The van der Waals surface area contributed by atoms with Crippen molar-refractivity contribution >= 4 is 95.6 Å². The Morgan fingerprint density at radius 1 is 0.833 bits per heavy atom. The minimum absolute atomic E-state index is 0.00551. The molecule has 6 aromatic rings. The minimum Gasteiger partial charge on any atom is -0.454 e. The smallest absolute Gasteiger partial charge is 0.264 e. The van der Waals surface area contributed by atoms with E-state index in [2.05, 4.69) is 18.8 Å². The van der Waals surface area contributed by atoms with Gasteiger partial charge in [0.25, 0.3) is 15.9 Å². The summed E-state index contributed by atoms with van der Waals surface area (Å²) < 4.78 is 43.2. The Morgan fingerprint density at radius 3 is 2.48 bits per heavy atom. The van der Waals surface area contributed by atoms with E-state index in [1.165, 1.54) is 30.3 Å². The van der Waals surface area contributed by atoms with Crippen molar-refractivity contribution in [3.05, 3.63) is 112 Å². The molecule has 0 fully saturated rings. The third kappa shape index (κ3) is 5.59. The van der Waals surface area contributed by atoms with Crippen molar-refractivity contribution in [3.8, 4) is 11.5 Å². The maximum absolute atomic E-state index is 13.3. The Balaban J connectivity index is 1.24. The number of benzene rings is 5. The fourth-order valence-corrected chi connectivity index (χ4v) is 6.77. The zero-order valence-electron chi connectivity index (χ0n) is 21.1. The molecule has 0 unspecified atom stereocenters. The van der Waals surface area contributed by atoms with E-state index in [4.69, 9.17) is 39.5 Å². The van der Waals surface area contributed by atoms with E-state index in [1.54, 1.807) is 30.3 Å². The highest BCUT2D eigenvalue weighted by Crippen LogP contribution is 2.38. The topological polar surface area (TPSA) is 110 Å². The van der Waals surface area contributed by atoms with Crippen molar-refractivity contribution in [2.75, 3.05) is 10.0 Å². The molecule has 1 aromatic heterocycles. The van der Waals surface area contributed by atoms with Crippen LogP contribution in [0.5, 0.6) is 11.5 Å². The number of ether oxygens (including phenoxy) is 1. The molecule has 0 aliphatic carbocycles. The summed E-state index contributed by atoms with van der Waals surface area (Å²) in [7, 11) is -4.13. The molecule has 0 bridgehead atoms. The van der Waals surface area contributed by atoms with E-state index < -0.39 is 15.9 Å². The van der Waals surface area contributed by atoms with Crippen LogP contribution in [0.15, 0.2) is 95.9 Å². The number of rotatable bonds is 7. The first-order valence-electron chi connectivity index (χ1n) is 12.2. The second kappa shape index (κ2) is 11.4. The molecule has 1 heterocycles. The van der Waals surface area contributed by atoms with Gasteiger partial charge in [-0.05, 0) is 60.0 Å². The van der Waals surface area contributed by atoms with Crippen molar-refractivity contribution in [1.82, 2.24) is 8.75 Å². The molecule has 2 N–H and O–H groups in total. The van der Waals surface area contributed by atoms with Crippen LogP contribution in [0.2, 0.25) is 15.1 Å². The van der Waals surface area contributed by atoms with Gasteiger partial charge in [0.15, 0.2) is 0 Å². The summed E-state index contributed by atoms with van der Waals surface area (Å²) >= 11 is 20.1. The largest absolute Gasteiger partial charge is 0.454 e. The van der Waals surface area contributed by atoms with Gasteiger partial charge in [-0.25, -0.2) is 8.42 Å². The molecule has 5 aromatic carbocycles. The Hall–Kier alpha value is -3.93. The predicted octanol–water partition coefficient (Wildman–Crippen LogP) is 8.65. The Bertz CT molecular complexity index is 2120. The maximum atomic E-state index is 13.3. The first kappa shape index (κ1) is 28.2. The molecule has 0 aliphatic heterocycles. The van der Waals surface area contributed by atoms with E-state index in [0.717, 1.165) is 22.5 Å². The van der Waals surface area contributed by atoms with E-state index in [0.29, 0.717) is 27.7 Å². The molecule has 0 spiro atoms. The average molecular weight is 656 g/mol. The molecule has 0 aliphatic rings. The van der Waals surface area contributed by atoms with Crippen LogP contribution in [-0.4, -0.2) is 23.1 Å². The lowest BCUT2D eigenvalue weighted by molar-refractivity contribution is 0.102. The average Bonchev–Trinajstić information content (AvgIpc) is 3.46. The van der Waals surface area contributed by atoms with E-state index in [1.807, 2.05) is 30.3 Å². The van der Waals surface area contributed by atoms with Crippen LogP contribution >= 0.6 is 46.5 Å². The number of carbonyl (C=O) groups is 1. The number of hydrogen-bond acceptors (Lipinski definition) is 7. The molecule has 0 saturated carbocycles.